The van der Waals surface area contributed by atoms with Crippen LogP contribution in [0.2, 0.25) is 0 Å². The van der Waals surface area contributed by atoms with E-state index in [2.05, 4.69) is 5.32 Å². The van der Waals surface area contributed by atoms with Crippen molar-refractivity contribution >= 4 is 21.6 Å². The van der Waals surface area contributed by atoms with Crippen molar-refractivity contribution in [3.8, 4) is 6.07 Å². The molecule has 1 heterocycles. The SMILES string of the molecule is C[C@@H](C(=O)Nc1cccc(C#N)c1)N1CCN(S(=O)(=O)c2ccccc2F)CC1. The fourth-order valence-electron chi connectivity index (χ4n) is 3.20. The molecule has 0 saturated carbocycles. The first-order chi connectivity index (χ1) is 13.8. The molecule has 29 heavy (non-hydrogen) atoms. The third-order valence-corrected chi connectivity index (χ3v) is 6.85. The molecule has 152 valence electrons. The molecule has 1 aliphatic rings. The zero-order chi connectivity index (χ0) is 21.0. The van der Waals surface area contributed by atoms with Gasteiger partial charge in [0.05, 0.1) is 17.7 Å². The second kappa shape index (κ2) is 8.69. The Labute approximate surface area is 169 Å². The van der Waals surface area contributed by atoms with E-state index in [0.717, 1.165) is 6.07 Å². The lowest BCUT2D eigenvalue weighted by Gasteiger charge is -2.36. The van der Waals surface area contributed by atoms with Crippen LogP contribution in [-0.4, -0.2) is 55.8 Å². The van der Waals surface area contributed by atoms with Crippen molar-refractivity contribution in [3.63, 3.8) is 0 Å². The zero-order valence-electron chi connectivity index (χ0n) is 15.9. The Hall–Kier alpha value is -2.80. The van der Waals surface area contributed by atoms with Crippen LogP contribution in [0.5, 0.6) is 0 Å². The second-order valence-corrected chi connectivity index (χ2v) is 8.63. The van der Waals surface area contributed by atoms with Gasteiger partial charge >= 0.3 is 0 Å². The van der Waals surface area contributed by atoms with E-state index in [1.165, 1.54) is 22.5 Å². The lowest BCUT2D eigenvalue weighted by atomic mass is 10.2. The van der Waals surface area contributed by atoms with Gasteiger partial charge in [0.15, 0.2) is 0 Å². The van der Waals surface area contributed by atoms with Crippen LogP contribution >= 0.6 is 0 Å². The number of carbonyl (C=O) groups is 1. The molecular formula is C20H21FN4O3S. The molecular weight excluding hydrogens is 395 g/mol. The minimum atomic E-state index is -3.92. The number of anilines is 1. The van der Waals surface area contributed by atoms with E-state index >= 15 is 0 Å². The van der Waals surface area contributed by atoms with E-state index in [1.807, 2.05) is 11.0 Å². The summed E-state index contributed by atoms with van der Waals surface area (Å²) in [5.41, 5.74) is 0.976. The van der Waals surface area contributed by atoms with Crippen LogP contribution in [0.1, 0.15) is 12.5 Å². The zero-order valence-corrected chi connectivity index (χ0v) is 16.7. The molecule has 2 aromatic carbocycles. The number of benzene rings is 2. The highest BCUT2D eigenvalue weighted by atomic mass is 32.2. The molecule has 0 aromatic heterocycles. The molecule has 0 aliphatic carbocycles. The summed E-state index contributed by atoms with van der Waals surface area (Å²) in [5, 5.41) is 11.7. The second-order valence-electron chi connectivity index (χ2n) is 6.73. The smallest absolute Gasteiger partial charge is 0.246 e. The highest BCUT2D eigenvalue weighted by Crippen LogP contribution is 2.21. The van der Waals surface area contributed by atoms with Gasteiger partial charge in [-0.1, -0.05) is 18.2 Å². The Balaban J connectivity index is 1.62. The molecule has 1 fully saturated rings. The normalized spacial score (nSPS) is 16.7. The maximum Gasteiger partial charge on any atom is 0.246 e. The lowest BCUT2D eigenvalue weighted by molar-refractivity contribution is -0.121. The summed E-state index contributed by atoms with van der Waals surface area (Å²) in [6, 6.07) is 13.5. The molecule has 0 unspecified atom stereocenters. The summed E-state index contributed by atoms with van der Waals surface area (Å²) >= 11 is 0. The Kier molecular flexibility index (Phi) is 6.27. The molecule has 0 radical (unpaired) electrons. The molecule has 1 saturated heterocycles. The minimum Gasteiger partial charge on any atom is -0.325 e. The largest absolute Gasteiger partial charge is 0.325 e. The maximum atomic E-state index is 13.9. The monoisotopic (exact) mass is 416 g/mol. The Morgan fingerprint density at radius 2 is 1.83 bits per heavy atom. The van der Waals surface area contributed by atoms with Crippen LogP contribution in [0.15, 0.2) is 53.4 Å². The van der Waals surface area contributed by atoms with E-state index in [9.17, 15) is 17.6 Å². The van der Waals surface area contributed by atoms with Gasteiger partial charge in [-0.3, -0.25) is 9.69 Å². The molecule has 7 nitrogen and oxygen atoms in total. The van der Waals surface area contributed by atoms with Crippen LogP contribution in [0.4, 0.5) is 10.1 Å². The molecule has 1 aliphatic heterocycles. The van der Waals surface area contributed by atoms with Crippen molar-refractivity contribution in [1.82, 2.24) is 9.21 Å². The fraction of sp³-hybridized carbons (Fsp3) is 0.300. The molecule has 9 heteroatoms. The van der Waals surface area contributed by atoms with Gasteiger partial charge in [0, 0.05) is 31.9 Å². The van der Waals surface area contributed by atoms with E-state index in [4.69, 9.17) is 5.26 Å². The lowest BCUT2D eigenvalue weighted by Crippen LogP contribution is -2.54. The number of rotatable bonds is 5. The summed E-state index contributed by atoms with van der Waals surface area (Å²) in [5.74, 6) is -1.02. The fourth-order valence-corrected chi connectivity index (χ4v) is 4.69. The first-order valence-electron chi connectivity index (χ1n) is 9.12. The highest BCUT2D eigenvalue weighted by molar-refractivity contribution is 7.89. The summed E-state index contributed by atoms with van der Waals surface area (Å²) < 4.78 is 40.5. The van der Waals surface area contributed by atoms with Gasteiger partial charge in [-0.25, -0.2) is 12.8 Å². The standard InChI is InChI=1S/C20H21FN4O3S/c1-15(20(26)23-17-6-4-5-16(13-17)14-22)24-9-11-25(12-10-24)29(27,28)19-8-3-2-7-18(19)21/h2-8,13,15H,9-12H2,1H3,(H,23,26)/t15-/m0/s1. The maximum absolute atomic E-state index is 13.9. The summed E-state index contributed by atoms with van der Waals surface area (Å²) in [4.78, 5) is 14.1. The molecule has 0 spiro atoms. The predicted molar refractivity (Wildman–Crippen MR) is 106 cm³/mol. The number of piperazine rings is 1. The van der Waals surface area contributed by atoms with Crippen molar-refractivity contribution in [2.24, 2.45) is 0 Å². The molecule has 2 aromatic rings. The Morgan fingerprint density at radius 1 is 1.14 bits per heavy atom. The number of hydrogen-bond acceptors (Lipinski definition) is 5. The van der Waals surface area contributed by atoms with Crippen molar-refractivity contribution in [1.29, 1.82) is 5.26 Å². The number of halogens is 1. The average Bonchev–Trinajstić information content (AvgIpc) is 2.73. The third kappa shape index (κ3) is 4.62. The van der Waals surface area contributed by atoms with Gasteiger partial charge in [-0.05, 0) is 37.3 Å². The molecule has 3 rings (SSSR count). The van der Waals surface area contributed by atoms with Crippen LogP contribution in [0.25, 0.3) is 0 Å². The predicted octanol–water partition coefficient (Wildman–Crippen LogP) is 2.03. The van der Waals surface area contributed by atoms with Crippen molar-refractivity contribution < 1.29 is 17.6 Å². The van der Waals surface area contributed by atoms with E-state index in [-0.39, 0.29) is 23.9 Å². The Bertz CT molecular complexity index is 1040. The first kappa shape index (κ1) is 20.9. The molecule has 1 atom stereocenters. The van der Waals surface area contributed by atoms with Crippen molar-refractivity contribution in [2.45, 2.75) is 17.9 Å². The van der Waals surface area contributed by atoms with Gasteiger partial charge in [0.25, 0.3) is 0 Å². The van der Waals surface area contributed by atoms with E-state index in [0.29, 0.717) is 24.3 Å². The van der Waals surface area contributed by atoms with Crippen LogP contribution in [-0.2, 0) is 14.8 Å². The quantitative estimate of drug-likeness (QED) is 0.805. The number of amides is 1. The number of nitriles is 1. The number of nitrogens with zero attached hydrogens (tertiary/aromatic N) is 3. The number of nitrogens with one attached hydrogen (secondary N) is 1. The number of sulfonamides is 1. The molecule has 1 N–H and O–H groups in total. The Morgan fingerprint density at radius 3 is 2.48 bits per heavy atom. The summed E-state index contributed by atoms with van der Waals surface area (Å²) in [7, 11) is -3.92. The van der Waals surface area contributed by atoms with Crippen LogP contribution < -0.4 is 5.32 Å². The topological polar surface area (TPSA) is 93.5 Å². The van der Waals surface area contributed by atoms with E-state index in [1.54, 1.807) is 31.2 Å². The van der Waals surface area contributed by atoms with Crippen molar-refractivity contribution in [3.05, 3.63) is 59.9 Å². The highest BCUT2D eigenvalue weighted by Gasteiger charge is 2.33. The van der Waals surface area contributed by atoms with Gasteiger partial charge in [0.2, 0.25) is 15.9 Å². The van der Waals surface area contributed by atoms with Gasteiger partial charge in [-0.2, -0.15) is 9.57 Å². The van der Waals surface area contributed by atoms with Crippen molar-refractivity contribution in [2.75, 3.05) is 31.5 Å². The molecule has 1 amide bonds. The summed E-state index contributed by atoms with van der Waals surface area (Å²) in [6.07, 6.45) is 0. The first-order valence-corrected chi connectivity index (χ1v) is 10.6. The van der Waals surface area contributed by atoms with Crippen LogP contribution in [0.3, 0.4) is 0 Å². The number of carbonyl (C=O) groups excluding carboxylic acids is 1. The summed E-state index contributed by atoms with van der Waals surface area (Å²) in [6.45, 7) is 2.77. The molecule has 0 bridgehead atoms. The van der Waals surface area contributed by atoms with Gasteiger partial charge in [0.1, 0.15) is 10.7 Å². The number of hydrogen-bond donors (Lipinski definition) is 1. The minimum absolute atomic E-state index is 0.165. The third-order valence-electron chi connectivity index (χ3n) is 4.91. The van der Waals surface area contributed by atoms with Gasteiger partial charge < -0.3 is 5.32 Å². The van der Waals surface area contributed by atoms with Crippen LogP contribution in [0, 0.1) is 17.1 Å². The van der Waals surface area contributed by atoms with E-state index < -0.39 is 21.9 Å². The average molecular weight is 416 g/mol. The van der Waals surface area contributed by atoms with Gasteiger partial charge in [-0.15, -0.1) is 0 Å².